The SMILES string of the molecule is CC1=NO[C@@H](C2=C(Cl)CCC=C2Cl)C1. The highest BCUT2D eigenvalue weighted by atomic mass is 35.5. The molecule has 0 radical (unpaired) electrons. The minimum Gasteiger partial charge on any atom is -0.387 e. The lowest BCUT2D eigenvalue weighted by atomic mass is 9.98. The number of halogens is 2. The van der Waals surface area contributed by atoms with Crippen molar-refractivity contribution in [2.45, 2.75) is 32.3 Å². The molecule has 2 nitrogen and oxygen atoms in total. The van der Waals surface area contributed by atoms with E-state index < -0.39 is 0 Å². The van der Waals surface area contributed by atoms with Crippen molar-refractivity contribution in [1.29, 1.82) is 0 Å². The van der Waals surface area contributed by atoms with Crippen LogP contribution < -0.4 is 0 Å². The summed E-state index contributed by atoms with van der Waals surface area (Å²) in [7, 11) is 0. The number of rotatable bonds is 1. The molecule has 0 aromatic heterocycles. The first-order chi connectivity index (χ1) is 6.68. The Labute approximate surface area is 93.2 Å². The van der Waals surface area contributed by atoms with Crippen molar-refractivity contribution in [2.24, 2.45) is 5.16 Å². The molecule has 76 valence electrons. The molecule has 0 spiro atoms. The van der Waals surface area contributed by atoms with Crippen molar-refractivity contribution in [3.8, 4) is 0 Å². The highest BCUT2D eigenvalue weighted by Gasteiger charge is 2.28. The van der Waals surface area contributed by atoms with Gasteiger partial charge in [-0.25, -0.2) is 0 Å². The van der Waals surface area contributed by atoms with Crippen molar-refractivity contribution in [1.82, 2.24) is 0 Å². The topological polar surface area (TPSA) is 21.6 Å². The molecule has 0 aromatic rings. The summed E-state index contributed by atoms with van der Waals surface area (Å²) < 4.78 is 0. The summed E-state index contributed by atoms with van der Waals surface area (Å²) in [6.45, 7) is 1.94. The average molecular weight is 232 g/mol. The molecule has 2 aliphatic rings. The van der Waals surface area contributed by atoms with Gasteiger partial charge in [-0.05, 0) is 19.8 Å². The van der Waals surface area contributed by atoms with Gasteiger partial charge in [-0.15, -0.1) is 0 Å². The Kier molecular flexibility index (Phi) is 2.84. The summed E-state index contributed by atoms with van der Waals surface area (Å²) in [6, 6.07) is 0. The maximum atomic E-state index is 6.13. The van der Waals surface area contributed by atoms with Crippen LogP contribution in [0.15, 0.2) is 26.9 Å². The zero-order valence-electron chi connectivity index (χ0n) is 7.89. The third-order valence-electron chi connectivity index (χ3n) is 2.38. The van der Waals surface area contributed by atoms with Crippen LogP contribution in [0.4, 0.5) is 0 Å². The van der Waals surface area contributed by atoms with Gasteiger partial charge in [-0.3, -0.25) is 0 Å². The Morgan fingerprint density at radius 3 is 2.86 bits per heavy atom. The number of allylic oxidation sites excluding steroid dienone is 2. The van der Waals surface area contributed by atoms with Crippen LogP contribution in [0.1, 0.15) is 26.2 Å². The fraction of sp³-hybridized carbons (Fsp3) is 0.500. The molecule has 14 heavy (non-hydrogen) atoms. The first-order valence-electron chi connectivity index (χ1n) is 4.62. The molecule has 1 atom stereocenters. The number of hydrogen-bond donors (Lipinski definition) is 0. The van der Waals surface area contributed by atoms with Crippen LogP contribution in [-0.4, -0.2) is 11.8 Å². The van der Waals surface area contributed by atoms with Crippen LogP contribution in [0.25, 0.3) is 0 Å². The Hall–Kier alpha value is -0.470. The Morgan fingerprint density at radius 1 is 1.50 bits per heavy atom. The lowest BCUT2D eigenvalue weighted by Crippen LogP contribution is -2.14. The summed E-state index contributed by atoms with van der Waals surface area (Å²) in [5.41, 5.74) is 1.90. The van der Waals surface area contributed by atoms with Gasteiger partial charge in [0.05, 0.1) is 5.71 Å². The van der Waals surface area contributed by atoms with Crippen molar-refractivity contribution >= 4 is 28.9 Å². The van der Waals surface area contributed by atoms with Gasteiger partial charge in [0.25, 0.3) is 0 Å². The lowest BCUT2D eigenvalue weighted by molar-refractivity contribution is 0.113. The minimum absolute atomic E-state index is 0.0773. The normalized spacial score (nSPS) is 27.2. The van der Waals surface area contributed by atoms with Gasteiger partial charge in [0.2, 0.25) is 0 Å². The second-order valence-corrected chi connectivity index (χ2v) is 4.40. The van der Waals surface area contributed by atoms with Gasteiger partial charge in [0.15, 0.2) is 6.10 Å². The molecule has 0 saturated carbocycles. The largest absolute Gasteiger partial charge is 0.387 e. The van der Waals surface area contributed by atoms with E-state index in [1.807, 2.05) is 13.0 Å². The van der Waals surface area contributed by atoms with Crippen molar-refractivity contribution in [3.05, 3.63) is 21.7 Å². The maximum absolute atomic E-state index is 6.13. The third-order valence-corrected chi connectivity index (χ3v) is 3.13. The van der Waals surface area contributed by atoms with Crippen LogP contribution in [0.2, 0.25) is 0 Å². The van der Waals surface area contributed by atoms with E-state index in [-0.39, 0.29) is 6.10 Å². The molecule has 0 N–H and O–H groups in total. The predicted octanol–water partition coefficient (Wildman–Crippen LogP) is 3.56. The van der Waals surface area contributed by atoms with Crippen molar-refractivity contribution < 1.29 is 4.84 Å². The summed E-state index contributed by atoms with van der Waals surface area (Å²) in [5.74, 6) is 0. The van der Waals surface area contributed by atoms with Crippen molar-refractivity contribution in [2.75, 3.05) is 0 Å². The van der Waals surface area contributed by atoms with E-state index >= 15 is 0 Å². The molecule has 1 aliphatic heterocycles. The summed E-state index contributed by atoms with van der Waals surface area (Å²) in [5, 5.41) is 5.43. The molecule has 0 fully saturated rings. The van der Waals surface area contributed by atoms with Crippen LogP contribution in [0, 0.1) is 0 Å². The van der Waals surface area contributed by atoms with Crippen LogP contribution in [-0.2, 0) is 4.84 Å². The van der Waals surface area contributed by atoms with Crippen LogP contribution >= 0.6 is 23.2 Å². The van der Waals surface area contributed by atoms with Gasteiger partial charge < -0.3 is 4.84 Å². The first kappa shape index (κ1) is 10.1. The van der Waals surface area contributed by atoms with Gasteiger partial charge in [-0.2, -0.15) is 0 Å². The quantitative estimate of drug-likeness (QED) is 0.677. The molecule has 0 aromatic carbocycles. The Morgan fingerprint density at radius 2 is 2.29 bits per heavy atom. The smallest absolute Gasteiger partial charge is 0.160 e. The van der Waals surface area contributed by atoms with E-state index in [1.54, 1.807) is 0 Å². The van der Waals surface area contributed by atoms with Gasteiger partial charge in [0.1, 0.15) is 0 Å². The second-order valence-electron chi connectivity index (χ2n) is 3.53. The summed E-state index contributed by atoms with van der Waals surface area (Å²) in [6.07, 6.45) is 4.46. The van der Waals surface area contributed by atoms with E-state index in [2.05, 4.69) is 5.16 Å². The molecule has 0 amide bonds. The number of nitrogens with zero attached hydrogens (tertiary/aromatic N) is 1. The fourth-order valence-corrected chi connectivity index (χ4v) is 2.41. The van der Waals surface area contributed by atoms with E-state index in [4.69, 9.17) is 28.0 Å². The van der Waals surface area contributed by atoms with E-state index in [0.717, 1.165) is 40.6 Å². The monoisotopic (exact) mass is 231 g/mol. The summed E-state index contributed by atoms with van der Waals surface area (Å²) in [4.78, 5) is 5.27. The molecule has 1 aliphatic carbocycles. The Balaban J connectivity index is 2.21. The van der Waals surface area contributed by atoms with Crippen molar-refractivity contribution in [3.63, 3.8) is 0 Å². The molecule has 0 bridgehead atoms. The lowest BCUT2D eigenvalue weighted by Gasteiger charge is -2.18. The first-order valence-corrected chi connectivity index (χ1v) is 5.38. The van der Waals surface area contributed by atoms with E-state index in [1.165, 1.54) is 0 Å². The zero-order valence-corrected chi connectivity index (χ0v) is 9.40. The minimum atomic E-state index is -0.0773. The van der Waals surface area contributed by atoms with E-state index in [0.29, 0.717) is 0 Å². The molecule has 2 rings (SSSR count). The van der Waals surface area contributed by atoms with Crippen LogP contribution in [0.5, 0.6) is 0 Å². The molecular formula is C10H11Cl2NO. The molecule has 0 unspecified atom stereocenters. The van der Waals surface area contributed by atoms with Crippen LogP contribution in [0.3, 0.4) is 0 Å². The molecule has 0 saturated heterocycles. The average Bonchev–Trinajstić information content (AvgIpc) is 2.51. The van der Waals surface area contributed by atoms with Gasteiger partial charge >= 0.3 is 0 Å². The van der Waals surface area contributed by atoms with E-state index in [9.17, 15) is 0 Å². The van der Waals surface area contributed by atoms with Gasteiger partial charge in [-0.1, -0.05) is 34.4 Å². The fourth-order valence-electron chi connectivity index (χ4n) is 1.68. The maximum Gasteiger partial charge on any atom is 0.160 e. The highest BCUT2D eigenvalue weighted by molar-refractivity contribution is 6.36. The third kappa shape index (κ3) is 1.82. The van der Waals surface area contributed by atoms with Gasteiger partial charge in [0, 0.05) is 22.1 Å². The summed E-state index contributed by atoms with van der Waals surface area (Å²) >= 11 is 12.2. The zero-order chi connectivity index (χ0) is 10.1. The predicted molar refractivity (Wildman–Crippen MR) is 58.6 cm³/mol. The highest BCUT2D eigenvalue weighted by Crippen LogP contribution is 2.36. The standard InChI is InChI=1S/C10H11Cl2NO/c1-6-5-9(14-13-6)10-7(11)3-2-4-8(10)12/h3,9H,2,4-5H2,1H3/t9-/m1/s1. The number of hydrogen-bond acceptors (Lipinski definition) is 2. The number of oxime groups is 1. The Bertz CT molecular complexity index is 344. The molecule has 4 heteroatoms. The second kappa shape index (κ2) is 3.95. The molecular weight excluding hydrogens is 221 g/mol. The molecule has 1 heterocycles.